The molecule has 0 amide bonds. The smallest absolute Gasteiger partial charge is 0.306 e. The van der Waals surface area contributed by atoms with Crippen molar-refractivity contribution in [1.82, 2.24) is 0 Å². The molecule has 0 aromatic carbocycles. The summed E-state index contributed by atoms with van der Waals surface area (Å²) in [4.78, 5) is 11.5. The van der Waals surface area contributed by atoms with Gasteiger partial charge in [-0.3, -0.25) is 4.79 Å². The lowest BCUT2D eigenvalue weighted by molar-refractivity contribution is -0.153. The maximum Gasteiger partial charge on any atom is 0.306 e. The van der Waals surface area contributed by atoms with E-state index in [0.717, 1.165) is 25.7 Å². The fourth-order valence-electron chi connectivity index (χ4n) is 2.72. The monoisotopic (exact) mass is 356 g/mol. The molecule has 0 fully saturated rings. The van der Waals surface area contributed by atoms with Gasteiger partial charge in [-0.1, -0.05) is 70.4 Å². The average molecular weight is 357 g/mol. The fourth-order valence-corrected chi connectivity index (χ4v) is 2.72. The van der Waals surface area contributed by atoms with Crippen molar-refractivity contribution >= 4 is 5.97 Å². The Bertz CT molecular complexity index is 311. The van der Waals surface area contributed by atoms with Gasteiger partial charge in [0.15, 0.2) is 0 Å². The van der Waals surface area contributed by atoms with Crippen molar-refractivity contribution < 1.29 is 19.7 Å². The van der Waals surface area contributed by atoms with Crippen LogP contribution in [0.3, 0.4) is 0 Å². The molecule has 0 atom stereocenters. The van der Waals surface area contributed by atoms with E-state index >= 15 is 0 Å². The molecule has 0 aliphatic carbocycles. The Hall–Kier alpha value is -0.870. The van der Waals surface area contributed by atoms with Gasteiger partial charge >= 0.3 is 5.97 Å². The van der Waals surface area contributed by atoms with Gasteiger partial charge in [0.25, 0.3) is 0 Å². The van der Waals surface area contributed by atoms with Gasteiger partial charge in [0.1, 0.15) is 6.10 Å². The Morgan fingerprint density at radius 3 is 1.80 bits per heavy atom. The van der Waals surface area contributed by atoms with Gasteiger partial charge in [-0.15, -0.1) is 0 Å². The summed E-state index contributed by atoms with van der Waals surface area (Å²) >= 11 is 0. The van der Waals surface area contributed by atoms with Crippen LogP contribution in [0.1, 0.15) is 96.8 Å². The summed E-state index contributed by atoms with van der Waals surface area (Å²) in [6, 6.07) is 0. The van der Waals surface area contributed by atoms with Crippen molar-refractivity contribution in [2.45, 2.75) is 103 Å². The molecule has 0 aromatic rings. The van der Waals surface area contributed by atoms with E-state index in [1.54, 1.807) is 0 Å². The van der Waals surface area contributed by atoms with E-state index in [1.165, 1.54) is 57.8 Å². The molecule has 0 spiro atoms. The van der Waals surface area contributed by atoms with Gasteiger partial charge in [-0.05, 0) is 32.1 Å². The molecular weight excluding hydrogens is 316 g/mol. The summed E-state index contributed by atoms with van der Waals surface area (Å²) in [5.74, 6) is -0.328. The first-order chi connectivity index (χ1) is 12.2. The van der Waals surface area contributed by atoms with Crippen LogP contribution >= 0.6 is 0 Å². The Kier molecular flexibility index (Phi) is 18.8. The van der Waals surface area contributed by atoms with Crippen molar-refractivity contribution in [3.8, 4) is 0 Å². The Labute approximate surface area is 154 Å². The van der Waals surface area contributed by atoms with Gasteiger partial charge in [0, 0.05) is 6.42 Å². The molecule has 0 saturated heterocycles. The average Bonchev–Trinajstić information content (AvgIpc) is 2.62. The van der Waals surface area contributed by atoms with E-state index in [4.69, 9.17) is 14.9 Å². The second kappa shape index (κ2) is 19.5. The molecule has 4 nitrogen and oxygen atoms in total. The molecule has 4 heteroatoms. The fraction of sp³-hybridized carbons (Fsp3) is 0.857. The highest BCUT2D eigenvalue weighted by molar-refractivity contribution is 5.69. The highest BCUT2D eigenvalue weighted by atomic mass is 16.6. The third kappa shape index (κ3) is 17.7. The van der Waals surface area contributed by atoms with Crippen LogP contribution in [0.15, 0.2) is 12.2 Å². The molecule has 0 radical (unpaired) electrons. The number of allylic oxidation sites excluding steroid dienone is 2. The second-order valence-electron chi connectivity index (χ2n) is 6.81. The van der Waals surface area contributed by atoms with E-state index in [2.05, 4.69) is 19.1 Å². The number of ether oxygens (including phenoxy) is 1. The van der Waals surface area contributed by atoms with Crippen LogP contribution in [0.5, 0.6) is 0 Å². The number of esters is 1. The van der Waals surface area contributed by atoms with E-state index in [-0.39, 0.29) is 19.2 Å². The second-order valence-corrected chi connectivity index (χ2v) is 6.81. The highest BCUT2D eigenvalue weighted by Gasteiger charge is 2.11. The van der Waals surface area contributed by atoms with Crippen LogP contribution in [0.4, 0.5) is 0 Å². The summed E-state index contributed by atoms with van der Waals surface area (Å²) in [6.45, 7) is 1.60. The normalized spacial score (nSPS) is 11.5. The lowest BCUT2D eigenvalue weighted by Gasteiger charge is -2.12. The SMILES string of the molecule is CCCCCCCCC=CCCCCCCCC(=O)OC(CO)CO. The van der Waals surface area contributed by atoms with E-state index in [1.807, 2.05) is 0 Å². The van der Waals surface area contributed by atoms with Crippen molar-refractivity contribution in [3.63, 3.8) is 0 Å². The summed E-state index contributed by atoms with van der Waals surface area (Å²) in [7, 11) is 0. The predicted molar refractivity (Wildman–Crippen MR) is 104 cm³/mol. The number of hydrogen-bond acceptors (Lipinski definition) is 4. The van der Waals surface area contributed by atoms with Gasteiger partial charge in [0.2, 0.25) is 0 Å². The molecule has 0 aliphatic heterocycles. The molecule has 2 N–H and O–H groups in total. The third-order valence-corrected chi connectivity index (χ3v) is 4.35. The molecule has 0 rings (SSSR count). The minimum absolute atomic E-state index is 0.325. The first kappa shape index (κ1) is 24.1. The molecule has 0 aromatic heterocycles. The molecule has 0 heterocycles. The number of rotatable bonds is 18. The number of unbranched alkanes of at least 4 members (excludes halogenated alkanes) is 11. The molecule has 0 bridgehead atoms. The predicted octanol–water partition coefficient (Wildman–Crippen LogP) is 4.92. The zero-order valence-electron chi connectivity index (χ0n) is 16.3. The van der Waals surface area contributed by atoms with Crippen LogP contribution in [-0.4, -0.2) is 35.5 Å². The molecule has 25 heavy (non-hydrogen) atoms. The lowest BCUT2D eigenvalue weighted by atomic mass is 10.1. The quantitative estimate of drug-likeness (QED) is 0.208. The zero-order valence-corrected chi connectivity index (χ0v) is 16.3. The van der Waals surface area contributed by atoms with Crippen molar-refractivity contribution in [1.29, 1.82) is 0 Å². The van der Waals surface area contributed by atoms with Crippen molar-refractivity contribution in [2.24, 2.45) is 0 Å². The first-order valence-corrected chi connectivity index (χ1v) is 10.3. The first-order valence-electron chi connectivity index (χ1n) is 10.3. The standard InChI is InChI=1S/C21H40O4/c1-2-3-4-5-6-7-8-9-10-11-12-13-14-15-16-17-21(24)25-20(18-22)19-23/h9-10,20,22-23H,2-8,11-19H2,1H3. The zero-order chi connectivity index (χ0) is 18.6. The molecule has 148 valence electrons. The van der Waals surface area contributed by atoms with E-state index in [0.29, 0.717) is 6.42 Å². The Morgan fingerprint density at radius 2 is 1.28 bits per heavy atom. The highest BCUT2D eigenvalue weighted by Crippen LogP contribution is 2.10. The largest absolute Gasteiger partial charge is 0.457 e. The van der Waals surface area contributed by atoms with Gasteiger partial charge < -0.3 is 14.9 Å². The van der Waals surface area contributed by atoms with E-state index in [9.17, 15) is 4.79 Å². The summed E-state index contributed by atoms with van der Waals surface area (Å²) in [5.41, 5.74) is 0. The molecule has 0 aliphatic rings. The van der Waals surface area contributed by atoms with Crippen molar-refractivity contribution in [3.05, 3.63) is 12.2 Å². The van der Waals surface area contributed by atoms with Crippen LogP contribution in [-0.2, 0) is 9.53 Å². The van der Waals surface area contributed by atoms with Crippen molar-refractivity contribution in [2.75, 3.05) is 13.2 Å². The number of carbonyl (C=O) groups is 1. The number of carbonyl (C=O) groups excluding carboxylic acids is 1. The minimum atomic E-state index is -0.768. The van der Waals surface area contributed by atoms with Crippen LogP contribution in [0.2, 0.25) is 0 Å². The number of aliphatic hydroxyl groups excluding tert-OH is 2. The van der Waals surface area contributed by atoms with Crippen LogP contribution in [0.25, 0.3) is 0 Å². The molecular formula is C21H40O4. The minimum Gasteiger partial charge on any atom is -0.457 e. The Morgan fingerprint density at radius 1 is 0.800 bits per heavy atom. The summed E-state index contributed by atoms with van der Waals surface area (Å²) < 4.78 is 4.92. The van der Waals surface area contributed by atoms with Gasteiger partial charge in [-0.2, -0.15) is 0 Å². The molecule has 0 saturated carbocycles. The van der Waals surface area contributed by atoms with Crippen LogP contribution in [0, 0.1) is 0 Å². The summed E-state index contributed by atoms with van der Waals surface area (Å²) in [5, 5.41) is 17.7. The van der Waals surface area contributed by atoms with Gasteiger partial charge in [0.05, 0.1) is 13.2 Å². The maximum absolute atomic E-state index is 11.5. The van der Waals surface area contributed by atoms with Crippen LogP contribution < -0.4 is 0 Å². The number of hydrogen-bond donors (Lipinski definition) is 2. The van der Waals surface area contributed by atoms with Gasteiger partial charge in [-0.25, -0.2) is 0 Å². The summed E-state index contributed by atoms with van der Waals surface area (Å²) in [6.07, 6.45) is 20.2. The third-order valence-electron chi connectivity index (χ3n) is 4.35. The lowest BCUT2D eigenvalue weighted by Crippen LogP contribution is -2.25. The Balaban J connectivity index is 3.28. The number of aliphatic hydroxyl groups is 2. The molecule has 0 unspecified atom stereocenters. The maximum atomic E-state index is 11.5. The van der Waals surface area contributed by atoms with E-state index < -0.39 is 6.10 Å². The topological polar surface area (TPSA) is 66.8 Å².